The van der Waals surface area contributed by atoms with Gasteiger partial charge in [0.2, 0.25) is 10.0 Å². The van der Waals surface area contributed by atoms with Crippen LogP contribution >= 0.6 is 15.9 Å². The lowest BCUT2D eigenvalue weighted by Crippen LogP contribution is -2.40. The van der Waals surface area contributed by atoms with Crippen molar-refractivity contribution in [2.75, 3.05) is 0 Å². The summed E-state index contributed by atoms with van der Waals surface area (Å²) in [5.74, 6) is 0. The van der Waals surface area contributed by atoms with E-state index < -0.39 is 10.0 Å². The Morgan fingerprint density at radius 3 is 2.39 bits per heavy atom. The fourth-order valence-corrected chi connectivity index (χ4v) is 4.49. The van der Waals surface area contributed by atoms with Crippen LogP contribution in [0.1, 0.15) is 25.7 Å². The summed E-state index contributed by atoms with van der Waals surface area (Å²) in [7, 11) is -3.45. The van der Waals surface area contributed by atoms with E-state index in [-0.39, 0.29) is 12.1 Å². The normalized spacial score (nSPS) is 25.0. The van der Waals surface area contributed by atoms with Gasteiger partial charge in [-0.3, -0.25) is 0 Å². The van der Waals surface area contributed by atoms with Gasteiger partial charge in [0.1, 0.15) is 0 Å². The zero-order valence-corrected chi connectivity index (χ0v) is 12.4. The summed E-state index contributed by atoms with van der Waals surface area (Å²) in [4.78, 5) is 0.292. The Morgan fingerprint density at radius 1 is 1.17 bits per heavy atom. The lowest BCUT2D eigenvalue weighted by atomic mass is 9.93. The fraction of sp³-hybridized carbons (Fsp3) is 0.500. The molecule has 0 saturated heterocycles. The monoisotopic (exact) mass is 332 g/mol. The molecule has 0 radical (unpaired) electrons. The highest BCUT2D eigenvalue weighted by Gasteiger charge is 2.25. The molecule has 18 heavy (non-hydrogen) atoms. The highest BCUT2D eigenvalue weighted by molar-refractivity contribution is 9.10. The van der Waals surface area contributed by atoms with Gasteiger partial charge < -0.3 is 5.73 Å². The molecular formula is C12H17BrN2O2S. The summed E-state index contributed by atoms with van der Waals surface area (Å²) < 4.78 is 27.8. The molecule has 0 aliphatic heterocycles. The minimum Gasteiger partial charge on any atom is -0.328 e. The average molecular weight is 333 g/mol. The quantitative estimate of drug-likeness (QED) is 0.889. The van der Waals surface area contributed by atoms with Gasteiger partial charge in [-0.1, -0.05) is 12.1 Å². The van der Waals surface area contributed by atoms with Gasteiger partial charge in [-0.05, 0) is 53.7 Å². The van der Waals surface area contributed by atoms with Crippen molar-refractivity contribution in [1.82, 2.24) is 4.72 Å². The molecule has 0 unspecified atom stereocenters. The standard InChI is InChI=1S/C12H17BrN2O2S/c13-11-3-1-2-4-12(11)18(16,17)15-10-7-5-9(14)6-8-10/h1-4,9-10,15H,5-8,14H2. The molecule has 1 aliphatic rings. The van der Waals surface area contributed by atoms with E-state index in [1.54, 1.807) is 24.3 Å². The van der Waals surface area contributed by atoms with Gasteiger partial charge in [0.25, 0.3) is 0 Å². The molecule has 3 N–H and O–H groups in total. The summed E-state index contributed by atoms with van der Waals surface area (Å²) in [5, 5.41) is 0. The van der Waals surface area contributed by atoms with Crippen LogP contribution in [-0.4, -0.2) is 20.5 Å². The minimum atomic E-state index is -3.45. The molecule has 0 spiro atoms. The fourth-order valence-electron chi connectivity index (χ4n) is 2.18. The van der Waals surface area contributed by atoms with Gasteiger partial charge in [0.05, 0.1) is 4.90 Å². The van der Waals surface area contributed by atoms with E-state index in [4.69, 9.17) is 5.73 Å². The van der Waals surface area contributed by atoms with Crippen LogP contribution in [0.2, 0.25) is 0 Å². The summed E-state index contributed by atoms with van der Waals surface area (Å²) >= 11 is 3.27. The van der Waals surface area contributed by atoms with Gasteiger partial charge in [-0.15, -0.1) is 0 Å². The first-order chi connectivity index (χ1) is 8.49. The third-order valence-corrected chi connectivity index (χ3v) is 5.75. The van der Waals surface area contributed by atoms with Crippen LogP contribution in [0.5, 0.6) is 0 Å². The van der Waals surface area contributed by atoms with Crippen LogP contribution in [0.15, 0.2) is 33.6 Å². The highest BCUT2D eigenvalue weighted by atomic mass is 79.9. The van der Waals surface area contributed by atoms with Crippen molar-refractivity contribution in [3.63, 3.8) is 0 Å². The number of benzene rings is 1. The second kappa shape index (κ2) is 5.69. The Hall–Kier alpha value is -0.430. The largest absolute Gasteiger partial charge is 0.328 e. The van der Waals surface area contributed by atoms with Crippen molar-refractivity contribution < 1.29 is 8.42 Å². The molecule has 0 bridgehead atoms. The maximum Gasteiger partial charge on any atom is 0.241 e. The summed E-state index contributed by atoms with van der Waals surface area (Å²) in [5.41, 5.74) is 5.81. The molecule has 1 saturated carbocycles. The van der Waals surface area contributed by atoms with Gasteiger partial charge in [-0.25, -0.2) is 13.1 Å². The third kappa shape index (κ3) is 3.32. The predicted molar refractivity (Wildman–Crippen MR) is 74.7 cm³/mol. The van der Waals surface area contributed by atoms with Crippen LogP contribution in [0.3, 0.4) is 0 Å². The second-order valence-corrected chi connectivity index (χ2v) is 7.20. The molecule has 1 aromatic rings. The van der Waals surface area contributed by atoms with Gasteiger partial charge >= 0.3 is 0 Å². The maximum atomic E-state index is 12.2. The first-order valence-electron chi connectivity index (χ1n) is 6.01. The molecule has 100 valence electrons. The zero-order valence-electron chi connectivity index (χ0n) is 9.97. The first-order valence-corrected chi connectivity index (χ1v) is 8.29. The molecule has 0 atom stereocenters. The minimum absolute atomic E-state index is 0.00176. The Morgan fingerprint density at radius 2 is 1.78 bits per heavy atom. The molecule has 0 heterocycles. The molecule has 1 aromatic carbocycles. The number of nitrogens with one attached hydrogen (secondary N) is 1. The Balaban J connectivity index is 2.11. The van der Waals surface area contributed by atoms with E-state index in [0.717, 1.165) is 25.7 Å². The molecule has 0 aromatic heterocycles. The number of hydrogen-bond donors (Lipinski definition) is 2. The summed E-state index contributed by atoms with van der Waals surface area (Å²) in [6.45, 7) is 0. The van der Waals surface area contributed by atoms with E-state index in [2.05, 4.69) is 20.7 Å². The van der Waals surface area contributed by atoms with Crippen LogP contribution < -0.4 is 10.5 Å². The van der Waals surface area contributed by atoms with Crippen molar-refractivity contribution >= 4 is 26.0 Å². The number of sulfonamides is 1. The lowest BCUT2D eigenvalue weighted by Gasteiger charge is -2.26. The van der Waals surface area contributed by atoms with Crippen molar-refractivity contribution in [2.45, 2.75) is 42.7 Å². The third-order valence-electron chi connectivity index (χ3n) is 3.22. The van der Waals surface area contributed by atoms with Crippen molar-refractivity contribution in [1.29, 1.82) is 0 Å². The number of nitrogens with two attached hydrogens (primary N) is 1. The molecule has 0 amide bonds. The van der Waals surface area contributed by atoms with Crippen LogP contribution in [0.4, 0.5) is 0 Å². The second-order valence-electron chi connectivity index (χ2n) is 4.66. The summed E-state index contributed by atoms with van der Waals surface area (Å²) in [6.07, 6.45) is 3.38. The number of rotatable bonds is 3. The smallest absolute Gasteiger partial charge is 0.241 e. The van der Waals surface area contributed by atoms with Crippen LogP contribution in [0, 0.1) is 0 Å². The van der Waals surface area contributed by atoms with E-state index in [1.807, 2.05) is 0 Å². The van der Waals surface area contributed by atoms with Crippen molar-refractivity contribution in [3.05, 3.63) is 28.7 Å². The molecule has 4 nitrogen and oxygen atoms in total. The molecule has 1 aliphatic carbocycles. The predicted octanol–water partition coefficient (Wildman–Crippen LogP) is 2.00. The molecular weight excluding hydrogens is 316 g/mol. The van der Waals surface area contributed by atoms with E-state index in [1.165, 1.54) is 0 Å². The topological polar surface area (TPSA) is 72.2 Å². The van der Waals surface area contributed by atoms with Gasteiger partial charge in [0.15, 0.2) is 0 Å². The van der Waals surface area contributed by atoms with E-state index in [0.29, 0.717) is 9.37 Å². The van der Waals surface area contributed by atoms with Crippen molar-refractivity contribution in [3.8, 4) is 0 Å². The van der Waals surface area contributed by atoms with Crippen molar-refractivity contribution in [2.24, 2.45) is 5.73 Å². The molecule has 2 rings (SSSR count). The highest BCUT2D eigenvalue weighted by Crippen LogP contribution is 2.23. The Labute approximate surface area is 116 Å². The van der Waals surface area contributed by atoms with Gasteiger partial charge in [0, 0.05) is 16.6 Å². The zero-order chi connectivity index (χ0) is 13.2. The SMILES string of the molecule is NC1CCC(NS(=O)(=O)c2ccccc2Br)CC1. The number of halogens is 1. The van der Waals surface area contributed by atoms with Crippen LogP contribution in [-0.2, 0) is 10.0 Å². The van der Waals surface area contributed by atoms with Crippen LogP contribution in [0.25, 0.3) is 0 Å². The average Bonchev–Trinajstić information content (AvgIpc) is 2.32. The summed E-state index contributed by atoms with van der Waals surface area (Å²) in [6, 6.07) is 7.06. The number of hydrogen-bond acceptors (Lipinski definition) is 3. The Bertz CT molecular complexity index is 511. The van der Waals surface area contributed by atoms with E-state index in [9.17, 15) is 8.42 Å². The van der Waals surface area contributed by atoms with E-state index >= 15 is 0 Å². The first kappa shape index (κ1) is 14.0. The molecule has 1 fully saturated rings. The molecule has 6 heteroatoms. The maximum absolute atomic E-state index is 12.2. The van der Waals surface area contributed by atoms with Gasteiger partial charge in [-0.2, -0.15) is 0 Å². The Kier molecular flexibility index (Phi) is 4.42. The lowest BCUT2D eigenvalue weighted by molar-refractivity contribution is 0.373.